The first-order valence-electron chi connectivity index (χ1n) is 7.30. The summed E-state index contributed by atoms with van der Waals surface area (Å²) in [7, 11) is 0. The number of nitrogen functional groups attached to an aromatic ring is 2. The highest BCUT2D eigenvalue weighted by Gasteiger charge is 2.23. The lowest BCUT2D eigenvalue weighted by molar-refractivity contribution is 0.0545. The molecule has 22 heavy (non-hydrogen) atoms. The zero-order valence-corrected chi connectivity index (χ0v) is 13.3. The van der Waals surface area contributed by atoms with Gasteiger partial charge in [-0.1, -0.05) is 11.3 Å². The van der Waals surface area contributed by atoms with Crippen LogP contribution in [0.3, 0.4) is 0 Å². The number of carbonyl (C=O) groups excluding carboxylic acids is 1. The molecule has 0 bridgehead atoms. The highest BCUT2D eigenvalue weighted by Crippen LogP contribution is 2.34. The van der Waals surface area contributed by atoms with E-state index in [1.807, 2.05) is 19.1 Å². The van der Waals surface area contributed by atoms with Crippen LogP contribution in [0.1, 0.15) is 28.9 Å². The van der Waals surface area contributed by atoms with E-state index in [9.17, 15) is 4.79 Å². The predicted molar refractivity (Wildman–Crippen MR) is 89.0 cm³/mol. The van der Waals surface area contributed by atoms with Gasteiger partial charge in [-0.2, -0.15) is 0 Å². The number of Topliss-reactive ketones (excluding diaryl/α,β-unsaturated/α-hetero) is 1. The molecule has 0 amide bonds. The number of ether oxygens (including phenoxy) is 1. The van der Waals surface area contributed by atoms with E-state index in [0.717, 1.165) is 29.0 Å². The zero-order valence-electron chi connectivity index (χ0n) is 12.5. The van der Waals surface area contributed by atoms with Crippen LogP contribution in [0.5, 0.6) is 0 Å². The molecule has 1 aromatic carbocycles. The molecule has 1 saturated heterocycles. The summed E-state index contributed by atoms with van der Waals surface area (Å²) in [6.07, 6.45) is 1.55. The Labute approximate surface area is 133 Å². The van der Waals surface area contributed by atoms with Gasteiger partial charge in [0, 0.05) is 30.4 Å². The van der Waals surface area contributed by atoms with Crippen LogP contribution in [0.15, 0.2) is 18.2 Å². The Bertz CT molecular complexity index is 705. The van der Waals surface area contributed by atoms with Crippen molar-refractivity contribution in [2.45, 2.75) is 19.8 Å². The average molecular weight is 317 g/mol. The lowest BCUT2D eigenvalue weighted by Gasteiger charge is -2.21. The second-order valence-electron chi connectivity index (χ2n) is 5.56. The first-order chi connectivity index (χ1) is 10.5. The molecule has 1 aliphatic rings. The number of rotatable bonds is 3. The smallest absolute Gasteiger partial charge is 0.180 e. The summed E-state index contributed by atoms with van der Waals surface area (Å²) in [5.41, 5.74) is 14.8. The summed E-state index contributed by atoms with van der Waals surface area (Å²) >= 11 is 1.41. The second kappa shape index (κ2) is 6.06. The Morgan fingerprint density at radius 1 is 1.27 bits per heavy atom. The molecular formula is C16H19N3O2S. The number of nitrogens with two attached hydrogens (primary N) is 2. The fraction of sp³-hybridized carbons (Fsp3) is 0.375. The first-order valence-corrected chi connectivity index (χ1v) is 8.12. The third kappa shape index (κ3) is 2.98. The van der Waals surface area contributed by atoms with Crippen molar-refractivity contribution in [3.05, 3.63) is 29.5 Å². The largest absolute Gasteiger partial charge is 0.399 e. The molecule has 116 valence electrons. The number of nitrogens with zero attached hydrogens (tertiary/aromatic N) is 1. The summed E-state index contributed by atoms with van der Waals surface area (Å²) in [6.45, 7) is 3.21. The number of ketones is 1. The number of hydrogen-bond acceptors (Lipinski definition) is 6. The lowest BCUT2D eigenvalue weighted by Crippen LogP contribution is -2.23. The fourth-order valence-electron chi connectivity index (χ4n) is 2.81. The molecule has 1 aliphatic heterocycles. The summed E-state index contributed by atoms with van der Waals surface area (Å²) in [4.78, 5) is 17.9. The van der Waals surface area contributed by atoms with Gasteiger partial charge in [-0.3, -0.25) is 4.79 Å². The number of benzene rings is 1. The molecular weight excluding hydrogens is 298 g/mol. The summed E-state index contributed by atoms with van der Waals surface area (Å²) in [5.74, 6) is 0.169. The molecule has 0 radical (unpaired) electrons. The molecule has 0 saturated carbocycles. The SMILES string of the molecule is Cc1nc(N)sc1-c1cc(N)cc(C(=O)C2CCOCC2)c1. The monoisotopic (exact) mass is 317 g/mol. The zero-order chi connectivity index (χ0) is 15.7. The number of carbonyl (C=O) groups is 1. The maximum Gasteiger partial charge on any atom is 0.180 e. The van der Waals surface area contributed by atoms with Crippen LogP contribution in [-0.2, 0) is 4.74 Å². The maximum absolute atomic E-state index is 12.7. The van der Waals surface area contributed by atoms with Gasteiger partial charge in [0.05, 0.1) is 10.6 Å². The quantitative estimate of drug-likeness (QED) is 0.671. The molecule has 4 N–H and O–H groups in total. The van der Waals surface area contributed by atoms with Crippen molar-refractivity contribution < 1.29 is 9.53 Å². The highest BCUT2D eigenvalue weighted by molar-refractivity contribution is 7.18. The molecule has 0 atom stereocenters. The van der Waals surface area contributed by atoms with E-state index < -0.39 is 0 Å². The number of thiazole rings is 1. The van der Waals surface area contributed by atoms with Crippen molar-refractivity contribution in [3.63, 3.8) is 0 Å². The summed E-state index contributed by atoms with van der Waals surface area (Å²) in [5, 5.41) is 0.521. The molecule has 0 unspecified atom stereocenters. The number of anilines is 2. The number of aromatic nitrogens is 1. The summed E-state index contributed by atoms with van der Waals surface area (Å²) < 4.78 is 5.32. The summed E-state index contributed by atoms with van der Waals surface area (Å²) in [6, 6.07) is 5.51. The van der Waals surface area contributed by atoms with Gasteiger partial charge in [0.1, 0.15) is 0 Å². The van der Waals surface area contributed by atoms with E-state index in [4.69, 9.17) is 16.2 Å². The van der Waals surface area contributed by atoms with E-state index in [0.29, 0.717) is 29.6 Å². The van der Waals surface area contributed by atoms with Crippen molar-refractivity contribution in [1.29, 1.82) is 0 Å². The Balaban J connectivity index is 1.96. The van der Waals surface area contributed by atoms with Crippen LogP contribution >= 0.6 is 11.3 Å². The van der Waals surface area contributed by atoms with Crippen LogP contribution in [0, 0.1) is 12.8 Å². The number of aryl methyl sites for hydroxylation is 1. The topological polar surface area (TPSA) is 91.2 Å². The molecule has 2 aromatic rings. The highest BCUT2D eigenvalue weighted by atomic mass is 32.1. The minimum atomic E-state index is 0.0241. The first kappa shape index (κ1) is 15.0. The minimum absolute atomic E-state index is 0.0241. The third-order valence-electron chi connectivity index (χ3n) is 3.91. The number of hydrogen-bond donors (Lipinski definition) is 2. The molecule has 5 nitrogen and oxygen atoms in total. The van der Waals surface area contributed by atoms with Crippen LogP contribution in [-0.4, -0.2) is 24.0 Å². The van der Waals surface area contributed by atoms with Crippen molar-refractivity contribution in [2.24, 2.45) is 5.92 Å². The van der Waals surface area contributed by atoms with E-state index in [-0.39, 0.29) is 11.7 Å². The van der Waals surface area contributed by atoms with E-state index in [1.165, 1.54) is 11.3 Å². The van der Waals surface area contributed by atoms with Crippen LogP contribution < -0.4 is 11.5 Å². The molecule has 0 aliphatic carbocycles. The van der Waals surface area contributed by atoms with Crippen molar-refractivity contribution in [2.75, 3.05) is 24.7 Å². The minimum Gasteiger partial charge on any atom is -0.399 e. The van der Waals surface area contributed by atoms with E-state index in [2.05, 4.69) is 4.98 Å². The second-order valence-corrected chi connectivity index (χ2v) is 6.59. The predicted octanol–water partition coefficient (Wildman–Crippen LogP) is 2.89. The van der Waals surface area contributed by atoms with Gasteiger partial charge < -0.3 is 16.2 Å². The Hall–Kier alpha value is -1.92. The van der Waals surface area contributed by atoms with Gasteiger partial charge in [0.25, 0.3) is 0 Å². The van der Waals surface area contributed by atoms with Gasteiger partial charge in [-0.25, -0.2) is 4.98 Å². The van der Waals surface area contributed by atoms with Gasteiger partial charge in [-0.15, -0.1) is 0 Å². The van der Waals surface area contributed by atoms with Gasteiger partial charge >= 0.3 is 0 Å². The van der Waals surface area contributed by atoms with Gasteiger partial charge in [0.2, 0.25) is 0 Å². The van der Waals surface area contributed by atoms with Crippen molar-refractivity contribution >= 4 is 27.9 Å². The molecule has 1 fully saturated rings. The van der Waals surface area contributed by atoms with Gasteiger partial charge in [-0.05, 0) is 43.5 Å². The molecule has 2 heterocycles. The molecule has 3 rings (SSSR count). The molecule has 0 spiro atoms. The van der Waals surface area contributed by atoms with Crippen molar-refractivity contribution in [3.8, 4) is 10.4 Å². The van der Waals surface area contributed by atoms with Crippen LogP contribution in [0.25, 0.3) is 10.4 Å². The Morgan fingerprint density at radius 2 is 2.00 bits per heavy atom. The van der Waals surface area contributed by atoms with Gasteiger partial charge in [0.15, 0.2) is 10.9 Å². The van der Waals surface area contributed by atoms with Crippen molar-refractivity contribution in [1.82, 2.24) is 4.98 Å². The standard InChI is InChI=1S/C16H19N3O2S/c1-9-15(22-16(18)19-9)12-6-11(7-13(17)8-12)14(20)10-2-4-21-5-3-10/h6-8,10H,2-5,17H2,1H3,(H2,18,19). The molecule has 1 aromatic heterocycles. The maximum atomic E-state index is 12.7. The fourth-order valence-corrected chi connectivity index (χ4v) is 3.63. The normalized spacial score (nSPS) is 15.9. The van der Waals surface area contributed by atoms with Crippen LogP contribution in [0.2, 0.25) is 0 Å². The molecule has 6 heteroatoms. The van der Waals surface area contributed by atoms with E-state index >= 15 is 0 Å². The lowest BCUT2D eigenvalue weighted by atomic mass is 9.90. The van der Waals surface area contributed by atoms with Crippen LogP contribution in [0.4, 0.5) is 10.8 Å². The van der Waals surface area contributed by atoms with E-state index in [1.54, 1.807) is 6.07 Å². The third-order valence-corrected chi connectivity index (χ3v) is 4.94. The Kier molecular flexibility index (Phi) is 4.13. The Morgan fingerprint density at radius 3 is 2.64 bits per heavy atom. The average Bonchev–Trinajstić information content (AvgIpc) is 2.85.